The van der Waals surface area contributed by atoms with Gasteiger partial charge in [-0.05, 0) is 43.5 Å². The van der Waals surface area contributed by atoms with E-state index < -0.39 is 5.97 Å². The molecule has 0 aliphatic heterocycles. The standard InChI is InChI=1S/C16H23NO2/c1-12(2)11-17(13(3)4)15-8-5-14(6-9-15)7-10-16(18)19/h5-10,12-13H,11H2,1-4H3,(H,18,19). The summed E-state index contributed by atoms with van der Waals surface area (Å²) in [4.78, 5) is 12.8. The molecule has 0 heterocycles. The number of carbonyl (C=O) groups is 1. The quantitative estimate of drug-likeness (QED) is 0.794. The maximum atomic E-state index is 10.5. The molecule has 1 aromatic carbocycles. The fourth-order valence-electron chi connectivity index (χ4n) is 1.95. The van der Waals surface area contributed by atoms with Crippen molar-refractivity contribution in [3.05, 3.63) is 35.9 Å². The fourth-order valence-corrected chi connectivity index (χ4v) is 1.95. The summed E-state index contributed by atoms with van der Waals surface area (Å²) >= 11 is 0. The zero-order chi connectivity index (χ0) is 14.4. The zero-order valence-corrected chi connectivity index (χ0v) is 12.1. The first-order valence-corrected chi connectivity index (χ1v) is 6.68. The average Bonchev–Trinajstić information content (AvgIpc) is 2.33. The highest BCUT2D eigenvalue weighted by Crippen LogP contribution is 2.20. The fraction of sp³-hybridized carbons (Fsp3) is 0.438. The van der Waals surface area contributed by atoms with E-state index in [2.05, 4.69) is 32.6 Å². The Morgan fingerprint density at radius 2 is 1.79 bits per heavy atom. The van der Waals surface area contributed by atoms with Crippen molar-refractivity contribution < 1.29 is 9.90 Å². The van der Waals surface area contributed by atoms with Gasteiger partial charge in [-0.2, -0.15) is 0 Å². The molecule has 0 aromatic heterocycles. The molecule has 0 bridgehead atoms. The van der Waals surface area contributed by atoms with Crippen LogP contribution < -0.4 is 4.90 Å². The second kappa shape index (κ2) is 6.98. The maximum absolute atomic E-state index is 10.5. The molecule has 0 saturated heterocycles. The molecule has 1 aromatic rings. The molecule has 0 atom stereocenters. The van der Waals surface area contributed by atoms with Crippen molar-refractivity contribution in [3.63, 3.8) is 0 Å². The molecule has 0 amide bonds. The van der Waals surface area contributed by atoms with E-state index in [0.29, 0.717) is 12.0 Å². The highest BCUT2D eigenvalue weighted by Gasteiger charge is 2.11. The minimum Gasteiger partial charge on any atom is -0.478 e. The lowest BCUT2D eigenvalue weighted by Gasteiger charge is -2.30. The minimum atomic E-state index is -0.923. The Hall–Kier alpha value is -1.77. The minimum absolute atomic E-state index is 0.447. The van der Waals surface area contributed by atoms with Gasteiger partial charge in [-0.25, -0.2) is 4.79 Å². The van der Waals surface area contributed by atoms with Gasteiger partial charge in [0.15, 0.2) is 0 Å². The van der Waals surface area contributed by atoms with Gasteiger partial charge in [0.05, 0.1) is 0 Å². The van der Waals surface area contributed by atoms with Gasteiger partial charge in [0.25, 0.3) is 0 Å². The van der Waals surface area contributed by atoms with Crippen molar-refractivity contribution in [2.24, 2.45) is 5.92 Å². The smallest absolute Gasteiger partial charge is 0.328 e. The summed E-state index contributed by atoms with van der Waals surface area (Å²) in [5.74, 6) is -0.318. The molecule has 0 spiro atoms. The third-order valence-corrected chi connectivity index (χ3v) is 2.83. The molecule has 0 fully saturated rings. The number of carboxylic acid groups (broad SMARTS) is 1. The first-order chi connectivity index (χ1) is 8.90. The van der Waals surface area contributed by atoms with Crippen molar-refractivity contribution in [3.8, 4) is 0 Å². The predicted molar refractivity (Wildman–Crippen MR) is 80.4 cm³/mol. The number of aliphatic carboxylic acids is 1. The first-order valence-electron chi connectivity index (χ1n) is 6.68. The highest BCUT2D eigenvalue weighted by atomic mass is 16.4. The van der Waals surface area contributed by atoms with E-state index >= 15 is 0 Å². The molecule has 0 unspecified atom stereocenters. The Bertz CT molecular complexity index is 433. The number of hydrogen-bond acceptors (Lipinski definition) is 2. The number of hydrogen-bond donors (Lipinski definition) is 1. The largest absolute Gasteiger partial charge is 0.478 e. The topological polar surface area (TPSA) is 40.5 Å². The van der Waals surface area contributed by atoms with E-state index in [4.69, 9.17) is 5.11 Å². The Morgan fingerprint density at radius 3 is 2.21 bits per heavy atom. The Kier molecular flexibility index (Phi) is 5.61. The van der Waals surface area contributed by atoms with Crippen LogP contribution in [0.5, 0.6) is 0 Å². The summed E-state index contributed by atoms with van der Waals surface area (Å²) in [5.41, 5.74) is 2.08. The Balaban J connectivity index is 2.86. The predicted octanol–water partition coefficient (Wildman–Crippen LogP) is 3.66. The lowest BCUT2D eigenvalue weighted by atomic mass is 10.1. The van der Waals surface area contributed by atoms with Crippen LogP contribution in [0.15, 0.2) is 30.3 Å². The second-order valence-electron chi connectivity index (χ2n) is 5.40. The molecule has 0 saturated carbocycles. The van der Waals surface area contributed by atoms with Gasteiger partial charge in [-0.1, -0.05) is 26.0 Å². The molecule has 19 heavy (non-hydrogen) atoms. The molecule has 0 radical (unpaired) electrons. The van der Waals surface area contributed by atoms with Gasteiger partial charge in [0.1, 0.15) is 0 Å². The third kappa shape index (κ3) is 5.16. The van der Waals surface area contributed by atoms with Gasteiger partial charge < -0.3 is 10.0 Å². The van der Waals surface area contributed by atoms with Crippen LogP contribution in [0, 0.1) is 5.92 Å². The van der Waals surface area contributed by atoms with Crippen molar-refractivity contribution in [2.45, 2.75) is 33.7 Å². The molecule has 104 valence electrons. The van der Waals surface area contributed by atoms with Crippen molar-refractivity contribution in [1.82, 2.24) is 0 Å². The monoisotopic (exact) mass is 261 g/mol. The number of benzene rings is 1. The second-order valence-corrected chi connectivity index (χ2v) is 5.40. The van der Waals surface area contributed by atoms with Crippen molar-refractivity contribution >= 4 is 17.7 Å². The van der Waals surface area contributed by atoms with Crippen LogP contribution in [0.3, 0.4) is 0 Å². The lowest BCUT2D eigenvalue weighted by Crippen LogP contribution is -2.34. The summed E-state index contributed by atoms with van der Waals surface area (Å²) in [6.07, 6.45) is 2.76. The molecule has 0 aliphatic carbocycles. The number of nitrogens with zero attached hydrogens (tertiary/aromatic N) is 1. The Labute approximate surface area is 115 Å². The molecule has 0 aliphatic rings. The van der Waals surface area contributed by atoms with Gasteiger partial charge in [-0.3, -0.25) is 0 Å². The number of rotatable bonds is 6. The van der Waals surface area contributed by atoms with E-state index in [0.717, 1.165) is 18.2 Å². The van der Waals surface area contributed by atoms with Crippen LogP contribution in [0.4, 0.5) is 5.69 Å². The summed E-state index contributed by atoms with van der Waals surface area (Å²) in [7, 11) is 0. The van der Waals surface area contributed by atoms with E-state index in [9.17, 15) is 4.79 Å². The van der Waals surface area contributed by atoms with Crippen molar-refractivity contribution in [2.75, 3.05) is 11.4 Å². The summed E-state index contributed by atoms with van der Waals surface area (Å²) in [6, 6.07) is 8.44. The highest BCUT2D eigenvalue weighted by molar-refractivity contribution is 5.85. The maximum Gasteiger partial charge on any atom is 0.328 e. The van der Waals surface area contributed by atoms with Crippen LogP contribution in [-0.2, 0) is 4.79 Å². The molecular weight excluding hydrogens is 238 g/mol. The van der Waals surface area contributed by atoms with E-state index in [1.807, 2.05) is 24.3 Å². The molecule has 3 heteroatoms. The number of anilines is 1. The summed E-state index contributed by atoms with van der Waals surface area (Å²) in [5, 5.41) is 8.59. The van der Waals surface area contributed by atoms with Crippen LogP contribution in [0.1, 0.15) is 33.3 Å². The average molecular weight is 261 g/mol. The Morgan fingerprint density at radius 1 is 1.21 bits per heavy atom. The van der Waals surface area contributed by atoms with Crippen molar-refractivity contribution in [1.29, 1.82) is 0 Å². The first kappa shape index (κ1) is 15.3. The van der Waals surface area contributed by atoms with E-state index in [-0.39, 0.29) is 0 Å². The van der Waals surface area contributed by atoms with Crippen LogP contribution in [-0.4, -0.2) is 23.7 Å². The van der Waals surface area contributed by atoms with Gasteiger partial charge in [-0.15, -0.1) is 0 Å². The zero-order valence-electron chi connectivity index (χ0n) is 12.1. The van der Waals surface area contributed by atoms with Crippen LogP contribution in [0.25, 0.3) is 6.08 Å². The molecule has 3 nitrogen and oxygen atoms in total. The van der Waals surface area contributed by atoms with Gasteiger partial charge in [0.2, 0.25) is 0 Å². The summed E-state index contributed by atoms with van der Waals surface area (Å²) < 4.78 is 0. The van der Waals surface area contributed by atoms with E-state index in [1.54, 1.807) is 6.08 Å². The SMILES string of the molecule is CC(C)CN(c1ccc(C=CC(=O)O)cc1)C(C)C. The normalized spacial score (nSPS) is 11.5. The lowest BCUT2D eigenvalue weighted by molar-refractivity contribution is -0.131. The van der Waals surface area contributed by atoms with Crippen LogP contribution in [0.2, 0.25) is 0 Å². The van der Waals surface area contributed by atoms with E-state index in [1.165, 1.54) is 5.69 Å². The molecule has 1 N–H and O–H groups in total. The molecular formula is C16H23NO2. The molecule has 1 rings (SSSR count). The number of carboxylic acids is 1. The van der Waals surface area contributed by atoms with Crippen LogP contribution >= 0.6 is 0 Å². The third-order valence-electron chi connectivity index (χ3n) is 2.83. The summed E-state index contributed by atoms with van der Waals surface area (Å²) in [6.45, 7) is 9.79. The van der Waals surface area contributed by atoms with Gasteiger partial charge in [0, 0.05) is 24.4 Å². The van der Waals surface area contributed by atoms with Gasteiger partial charge >= 0.3 is 5.97 Å².